The van der Waals surface area contributed by atoms with E-state index in [1.165, 1.54) is 28.8 Å². The van der Waals surface area contributed by atoms with Gasteiger partial charge in [0.05, 0.1) is 16.2 Å². The molecule has 0 bridgehead atoms. The van der Waals surface area contributed by atoms with Gasteiger partial charge in [-0.3, -0.25) is 9.69 Å². The summed E-state index contributed by atoms with van der Waals surface area (Å²) in [5.41, 5.74) is 3.18. The Labute approximate surface area is 205 Å². The molecule has 4 rings (SSSR count). The van der Waals surface area contributed by atoms with Gasteiger partial charge in [-0.05, 0) is 66.1 Å². The Bertz CT molecular complexity index is 1270. The number of carboxylic acid groups (broad SMARTS) is 1. The summed E-state index contributed by atoms with van der Waals surface area (Å²) in [5.74, 6) is -0.634. The number of benzene rings is 3. The number of thiocarbonyl (C=S) groups is 1. The molecule has 1 saturated heterocycles. The number of carboxylic acids is 1. The molecule has 166 valence electrons. The van der Waals surface area contributed by atoms with Crippen molar-refractivity contribution in [1.82, 2.24) is 0 Å². The number of anilines is 1. The molecule has 1 aliphatic heterocycles. The quantitative estimate of drug-likeness (QED) is 0.318. The number of nitrogens with zero attached hydrogens (tertiary/aromatic N) is 1. The highest BCUT2D eigenvalue weighted by atomic mass is 35.5. The van der Waals surface area contributed by atoms with Gasteiger partial charge in [-0.15, -0.1) is 0 Å². The van der Waals surface area contributed by atoms with Crippen molar-refractivity contribution in [2.75, 3.05) is 4.90 Å². The van der Waals surface area contributed by atoms with E-state index in [9.17, 15) is 14.7 Å². The molecule has 1 heterocycles. The van der Waals surface area contributed by atoms with E-state index in [0.29, 0.717) is 32.3 Å². The van der Waals surface area contributed by atoms with Gasteiger partial charge in [-0.1, -0.05) is 65.9 Å². The van der Waals surface area contributed by atoms with Crippen LogP contribution in [0.15, 0.2) is 71.6 Å². The molecule has 1 aliphatic rings. The number of ether oxygens (including phenoxy) is 1. The molecule has 3 aromatic carbocycles. The highest BCUT2D eigenvalue weighted by molar-refractivity contribution is 8.27. The van der Waals surface area contributed by atoms with Crippen molar-refractivity contribution in [2.45, 2.75) is 13.5 Å². The molecule has 0 unspecified atom stereocenters. The van der Waals surface area contributed by atoms with Crippen LogP contribution in [0.5, 0.6) is 5.75 Å². The van der Waals surface area contributed by atoms with Gasteiger partial charge in [0.2, 0.25) is 0 Å². The third-order valence-corrected chi connectivity index (χ3v) is 6.54. The summed E-state index contributed by atoms with van der Waals surface area (Å²) in [6.45, 7) is 2.23. The molecule has 0 saturated carbocycles. The van der Waals surface area contributed by atoms with Gasteiger partial charge in [0, 0.05) is 5.02 Å². The van der Waals surface area contributed by atoms with Crippen molar-refractivity contribution in [2.24, 2.45) is 0 Å². The molecule has 3 aromatic rings. The number of hydrogen-bond donors (Lipinski definition) is 1. The number of halogens is 1. The summed E-state index contributed by atoms with van der Waals surface area (Å²) in [5, 5.41) is 9.97. The Morgan fingerprint density at radius 1 is 1.12 bits per heavy atom. The lowest BCUT2D eigenvalue weighted by Gasteiger charge is -2.17. The minimum absolute atomic E-state index is 0.0998. The lowest BCUT2D eigenvalue weighted by Crippen LogP contribution is -2.28. The van der Waals surface area contributed by atoms with E-state index < -0.39 is 5.97 Å². The van der Waals surface area contributed by atoms with Crippen molar-refractivity contribution >= 4 is 63.5 Å². The maximum Gasteiger partial charge on any atom is 0.335 e. The molecule has 0 atom stereocenters. The van der Waals surface area contributed by atoms with Crippen LogP contribution >= 0.6 is 35.6 Å². The van der Waals surface area contributed by atoms with Gasteiger partial charge in [-0.2, -0.15) is 0 Å². The molecule has 0 radical (unpaired) electrons. The van der Waals surface area contributed by atoms with Gasteiger partial charge < -0.3 is 9.84 Å². The summed E-state index contributed by atoms with van der Waals surface area (Å²) in [7, 11) is 0. The molecule has 0 aliphatic carbocycles. The minimum atomic E-state index is -1.06. The normalized spacial score (nSPS) is 14.7. The largest absolute Gasteiger partial charge is 0.489 e. The minimum Gasteiger partial charge on any atom is -0.489 e. The van der Waals surface area contributed by atoms with E-state index in [1.807, 2.05) is 55.5 Å². The summed E-state index contributed by atoms with van der Waals surface area (Å²) < 4.78 is 6.16. The molecule has 0 aromatic heterocycles. The molecule has 0 spiro atoms. The fourth-order valence-electron chi connectivity index (χ4n) is 3.22. The van der Waals surface area contributed by atoms with Gasteiger partial charge in [-0.25, -0.2) is 4.79 Å². The zero-order valence-corrected chi connectivity index (χ0v) is 19.8. The second-order valence-electron chi connectivity index (χ2n) is 7.31. The van der Waals surface area contributed by atoms with Crippen LogP contribution in [0.1, 0.15) is 27.0 Å². The number of carbonyl (C=O) groups excluding carboxylic acids is 1. The first-order valence-corrected chi connectivity index (χ1v) is 11.5. The zero-order valence-electron chi connectivity index (χ0n) is 17.4. The van der Waals surface area contributed by atoms with Crippen LogP contribution in [0.3, 0.4) is 0 Å². The molecule has 5 nitrogen and oxygen atoms in total. The van der Waals surface area contributed by atoms with Crippen LogP contribution < -0.4 is 9.64 Å². The Morgan fingerprint density at radius 3 is 2.48 bits per heavy atom. The third-order valence-electron chi connectivity index (χ3n) is 4.99. The number of amides is 1. The number of aromatic carboxylic acids is 1. The first kappa shape index (κ1) is 23.0. The van der Waals surface area contributed by atoms with Crippen LogP contribution in [-0.2, 0) is 11.4 Å². The SMILES string of the molecule is Cc1ccc(C(=O)O)cc1N1C(=O)C(=Cc2ccc(OCc3ccc(Cl)cc3)cc2)SC1=S. The molecular weight excluding hydrogens is 478 g/mol. The Kier molecular flexibility index (Phi) is 6.83. The second-order valence-corrected chi connectivity index (χ2v) is 9.42. The lowest BCUT2D eigenvalue weighted by molar-refractivity contribution is -0.113. The fraction of sp³-hybridized carbons (Fsp3) is 0.0800. The van der Waals surface area contributed by atoms with Crippen LogP contribution in [0, 0.1) is 6.92 Å². The van der Waals surface area contributed by atoms with Gasteiger partial charge in [0.1, 0.15) is 12.4 Å². The molecular formula is C25H18ClNO4S2. The van der Waals surface area contributed by atoms with Crippen molar-refractivity contribution in [3.8, 4) is 5.75 Å². The molecule has 8 heteroatoms. The second kappa shape index (κ2) is 9.79. The van der Waals surface area contributed by atoms with Crippen LogP contribution in [0.2, 0.25) is 5.02 Å². The lowest BCUT2D eigenvalue weighted by atomic mass is 10.1. The summed E-state index contributed by atoms with van der Waals surface area (Å²) in [6.07, 6.45) is 1.76. The first-order valence-electron chi connectivity index (χ1n) is 9.91. The Morgan fingerprint density at radius 2 is 1.82 bits per heavy atom. The zero-order chi connectivity index (χ0) is 23.5. The Balaban J connectivity index is 1.49. The molecule has 1 N–H and O–H groups in total. The van der Waals surface area contributed by atoms with E-state index in [1.54, 1.807) is 12.1 Å². The van der Waals surface area contributed by atoms with Gasteiger partial charge in [0.15, 0.2) is 4.32 Å². The van der Waals surface area contributed by atoms with Crippen LogP contribution in [0.25, 0.3) is 6.08 Å². The first-order chi connectivity index (χ1) is 15.8. The standard InChI is InChI=1S/C25H18ClNO4S2/c1-15-2-7-18(24(29)30)13-21(15)27-23(28)22(33-25(27)32)12-16-5-10-20(11-6-16)31-14-17-3-8-19(26)9-4-17/h2-13H,14H2,1H3,(H,29,30). The number of carbonyl (C=O) groups is 2. The monoisotopic (exact) mass is 495 g/mol. The van der Waals surface area contributed by atoms with Crippen molar-refractivity contribution in [3.63, 3.8) is 0 Å². The van der Waals surface area contributed by atoms with E-state index in [4.69, 9.17) is 28.6 Å². The maximum absolute atomic E-state index is 13.1. The average Bonchev–Trinajstić information content (AvgIpc) is 3.07. The molecule has 1 fully saturated rings. The van der Waals surface area contributed by atoms with Gasteiger partial charge >= 0.3 is 5.97 Å². The average molecular weight is 496 g/mol. The van der Waals surface area contributed by atoms with Crippen LogP contribution in [-0.4, -0.2) is 21.3 Å². The fourth-order valence-corrected chi connectivity index (χ4v) is 4.63. The Hall–Kier alpha value is -3.13. The van der Waals surface area contributed by atoms with Crippen LogP contribution in [0.4, 0.5) is 5.69 Å². The number of hydrogen-bond acceptors (Lipinski definition) is 5. The predicted octanol–water partition coefficient (Wildman–Crippen LogP) is 6.33. The highest BCUT2D eigenvalue weighted by Gasteiger charge is 2.34. The summed E-state index contributed by atoms with van der Waals surface area (Å²) >= 11 is 12.5. The molecule has 1 amide bonds. The van der Waals surface area contributed by atoms with Crippen molar-refractivity contribution in [3.05, 3.63) is 98.9 Å². The van der Waals surface area contributed by atoms with Crippen molar-refractivity contribution in [1.29, 1.82) is 0 Å². The maximum atomic E-state index is 13.1. The summed E-state index contributed by atoms with van der Waals surface area (Å²) in [6, 6.07) is 19.5. The smallest absolute Gasteiger partial charge is 0.335 e. The third kappa shape index (κ3) is 5.27. The van der Waals surface area contributed by atoms with E-state index in [0.717, 1.165) is 16.7 Å². The summed E-state index contributed by atoms with van der Waals surface area (Å²) in [4.78, 5) is 26.3. The predicted molar refractivity (Wildman–Crippen MR) is 136 cm³/mol. The molecule has 33 heavy (non-hydrogen) atoms. The number of thioether (sulfide) groups is 1. The van der Waals surface area contributed by atoms with E-state index in [2.05, 4.69) is 0 Å². The van der Waals surface area contributed by atoms with E-state index in [-0.39, 0.29) is 11.5 Å². The number of rotatable bonds is 6. The van der Waals surface area contributed by atoms with Crippen molar-refractivity contribution < 1.29 is 19.4 Å². The van der Waals surface area contributed by atoms with Gasteiger partial charge in [0.25, 0.3) is 5.91 Å². The topological polar surface area (TPSA) is 66.8 Å². The number of aryl methyl sites for hydroxylation is 1. The van der Waals surface area contributed by atoms with E-state index >= 15 is 0 Å². The highest BCUT2D eigenvalue weighted by Crippen LogP contribution is 2.37.